The lowest BCUT2D eigenvalue weighted by Crippen LogP contribution is -2.06. The van der Waals surface area contributed by atoms with Gasteiger partial charge in [0.25, 0.3) is 0 Å². The Hall–Kier alpha value is -1.16. The number of aliphatic hydroxyl groups is 1. The van der Waals surface area contributed by atoms with Crippen LogP contribution in [0.25, 0.3) is 0 Å². The maximum atomic E-state index is 8.55. The summed E-state index contributed by atoms with van der Waals surface area (Å²) in [6, 6.07) is 3.86. The van der Waals surface area contributed by atoms with E-state index in [4.69, 9.17) is 5.11 Å². The molecule has 0 saturated heterocycles. The molecule has 1 aromatic heterocycles. The van der Waals surface area contributed by atoms with E-state index in [9.17, 15) is 0 Å². The van der Waals surface area contributed by atoms with Gasteiger partial charge in [-0.25, -0.2) is 0 Å². The Morgan fingerprint density at radius 3 is 2.77 bits per heavy atom. The number of aryl methyl sites for hydroxylation is 1. The number of nitrogens with one attached hydrogen (secondary N) is 1. The molecule has 72 valence electrons. The Labute approximate surface area is 78.0 Å². The molecule has 0 aromatic carbocycles. The van der Waals surface area contributed by atoms with Gasteiger partial charge in [-0.1, -0.05) is 6.92 Å². The van der Waals surface area contributed by atoms with E-state index in [1.165, 1.54) is 0 Å². The van der Waals surface area contributed by atoms with Crippen LogP contribution in [0, 0.1) is 0 Å². The van der Waals surface area contributed by atoms with Crippen LogP contribution in [0.2, 0.25) is 0 Å². The van der Waals surface area contributed by atoms with Gasteiger partial charge in [-0.2, -0.15) is 5.10 Å². The molecule has 0 aliphatic rings. The SMILES string of the molecule is CCc1ccc(NCCCO)nn1. The molecule has 1 heterocycles. The van der Waals surface area contributed by atoms with Crippen molar-refractivity contribution in [2.75, 3.05) is 18.5 Å². The van der Waals surface area contributed by atoms with Crippen LogP contribution < -0.4 is 5.32 Å². The molecule has 13 heavy (non-hydrogen) atoms. The second kappa shape index (κ2) is 5.48. The van der Waals surface area contributed by atoms with Crippen molar-refractivity contribution in [3.05, 3.63) is 17.8 Å². The van der Waals surface area contributed by atoms with E-state index in [1.807, 2.05) is 19.1 Å². The lowest BCUT2D eigenvalue weighted by Gasteiger charge is -2.03. The van der Waals surface area contributed by atoms with Crippen LogP contribution >= 0.6 is 0 Å². The largest absolute Gasteiger partial charge is 0.396 e. The molecular weight excluding hydrogens is 166 g/mol. The maximum absolute atomic E-state index is 8.55. The number of anilines is 1. The van der Waals surface area contributed by atoms with E-state index in [0.29, 0.717) is 0 Å². The summed E-state index contributed by atoms with van der Waals surface area (Å²) in [5.41, 5.74) is 0.993. The predicted molar refractivity (Wildman–Crippen MR) is 51.6 cm³/mol. The van der Waals surface area contributed by atoms with Gasteiger partial charge in [0.15, 0.2) is 0 Å². The monoisotopic (exact) mass is 181 g/mol. The van der Waals surface area contributed by atoms with Gasteiger partial charge in [0, 0.05) is 13.2 Å². The lowest BCUT2D eigenvalue weighted by atomic mass is 10.3. The highest BCUT2D eigenvalue weighted by Gasteiger charge is 1.94. The van der Waals surface area contributed by atoms with Crippen molar-refractivity contribution < 1.29 is 5.11 Å². The predicted octanol–water partition coefficient (Wildman–Crippen LogP) is 0.833. The van der Waals surface area contributed by atoms with Crippen LogP contribution in [-0.4, -0.2) is 28.5 Å². The van der Waals surface area contributed by atoms with Gasteiger partial charge in [0.2, 0.25) is 0 Å². The Bertz CT molecular complexity index is 235. The van der Waals surface area contributed by atoms with Gasteiger partial charge in [-0.05, 0) is 25.0 Å². The highest BCUT2D eigenvalue weighted by Crippen LogP contribution is 2.01. The first-order valence-corrected chi connectivity index (χ1v) is 4.54. The zero-order chi connectivity index (χ0) is 9.52. The molecule has 0 amide bonds. The average Bonchev–Trinajstić information content (AvgIpc) is 2.19. The van der Waals surface area contributed by atoms with Crippen LogP contribution in [0.4, 0.5) is 5.82 Å². The lowest BCUT2D eigenvalue weighted by molar-refractivity contribution is 0.292. The summed E-state index contributed by atoms with van der Waals surface area (Å²) >= 11 is 0. The van der Waals surface area contributed by atoms with Crippen molar-refractivity contribution in [2.45, 2.75) is 19.8 Å². The van der Waals surface area contributed by atoms with Crippen molar-refractivity contribution >= 4 is 5.82 Å². The fourth-order valence-corrected chi connectivity index (χ4v) is 0.938. The number of rotatable bonds is 5. The van der Waals surface area contributed by atoms with Crippen LogP contribution in [-0.2, 0) is 6.42 Å². The first-order valence-electron chi connectivity index (χ1n) is 4.54. The van der Waals surface area contributed by atoms with E-state index in [2.05, 4.69) is 15.5 Å². The molecule has 1 rings (SSSR count). The molecular formula is C9H15N3O. The Kier molecular flexibility index (Phi) is 4.18. The zero-order valence-electron chi connectivity index (χ0n) is 7.82. The van der Waals surface area contributed by atoms with Gasteiger partial charge in [-0.3, -0.25) is 0 Å². The molecule has 0 saturated carbocycles. The van der Waals surface area contributed by atoms with E-state index in [-0.39, 0.29) is 6.61 Å². The first-order chi connectivity index (χ1) is 6.36. The van der Waals surface area contributed by atoms with Gasteiger partial charge in [0.05, 0.1) is 5.69 Å². The molecule has 0 atom stereocenters. The molecule has 0 bridgehead atoms. The smallest absolute Gasteiger partial charge is 0.148 e. The van der Waals surface area contributed by atoms with Crippen LogP contribution in [0.3, 0.4) is 0 Å². The molecule has 0 fully saturated rings. The molecule has 0 radical (unpaired) electrons. The normalized spacial score (nSPS) is 10.0. The quantitative estimate of drug-likeness (QED) is 0.661. The number of nitrogens with zero attached hydrogens (tertiary/aromatic N) is 2. The molecule has 0 spiro atoms. The van der Waals surface area contributed by atoms with Gasteiger partial charge < -0.3 is 10.4 Å². The summed E-state index contributed by atoms with van der Waals surface area (Å²) in [6.07, 6.45) is 1.64. The zero-order valence-corrected chi connectivity index (χ0v) is 7.82. The maximum Gasteiger partial charge on any atom is 0.148 e. The fraction of sp³-hybridized carbons (Fsp3) is 0.556. The van der Waals surface area contributed by atoms with Gasteiger partial charge in [0.1, 0.15) is 5.82 Å². The minimum Gasteiger partial charge on any atom is -0.396 e. The summed E-state index contributed by atoms with van der Waals surface area (Å²) in [6.45, 7) is 2.98. The molecule has 0 unspecified atom stereocenters. The Balaban J connectivity index is 2.40. The van der Waals surface area contributed by atoms with Crippen molar-refractivity contribution in [3.8, 4) is 0 Å². The number of aromatic nitrogens is 2. The number of hydrogen-bond donors (Lipinski definition) is 2. The summed E-state index contributed by atoms with van der Waals surface area (Å²) < 4.78 is 0. The third kappa shape index (κ3) is 3.38. The molecule has 4 heteroatoms. The highest BCUT2D eigenvalue weighted by molar-refractivity contribution is 5.32. The Morgan fingerprint density at radius 2 is 2.23 bits per heavy atom. The molecule has 2 N–H and O–H groups in total. The van der Waals surface area contributed by atoms with E-state index in [1.54, 1.807) is 0 Å². The molecule has 1 aromatic rings. The minimum atomic E-state index is 0.202. The second-order valence-electron chi connectivity index (χ2n) is 2.77. The summed E-state index contributed by atoms with van der Waals surface area (Å²) in [4.78, 5) is 0. The first kappa shape index (κ1) is 9.92. The van der Waals surface area contributed by atoms with Gasteiger partial charge in [-0.15, -0.1) is 5.10 Å². The van der Waals surface area contributed by atoms with Crippen molar-refractivity contribution in [1.29, 1.82) is 0 Å². The summed E-state index contributed by atoms with van der Waals surface area (Å²) in [5.74, 6) is 0.769. The summed E-state index contributed by atoms with van der Waals surface area (Å²) in [7, 11) is 0. The van der Waals surface area contributed by atoms with Crippen molar-refractivity contribution in [2.24, 2.45) is 0 Å². The van der Waals surface area contributed by atoms with Crippen LogP contribution in [0.5, 0.6) is 0 Å². The van der Waals surface area contributed by atoms with E-state index in [0.717, 1.165) is 30.9 Å². The number of hydrogen-bond acceptors (Lipinski definition) is 4. The van der Waals surface area contributed by atoms with Crippen LogP contribution in [0.15, 0.2) is 12.1 Å². The van der Waals surface area contributed by atoms with Crippen molar-refractivity contribution in [1.82, 2.24) is 10.2 Å². The second-order valence-corrected chi connectivity index (χ2v) is 2.77. The molecule has 0 aliphatic heterocycles. The van der Waals surface area contributed by atoms with Crippen LogP contribution in [0.1, 0.15) is 19.0 Å². The topological polar surface area (TPSA) is 58.0 Å². The third-order valence-electron chi connectivity index (χ3n) is 1.72. The molecule has 4 nitrogen and oxygen atoms in total. The average molecular weight is 181 g/mol. The fourth-order valence-electron chi connectivity index (χ4n) is 0.938. The Morgan fingerprint density at radius 1 is 1.38 bits per heavy atom. The standard InChI is InChI=1S/C9H15N3O/c1-2-8-4-5-9(12-11-8)10-6-3-7-13/h4-5,13H,2-3,6-7H2,1H3,(H,10,12). The van der Waals surface area contributed by atoms with E-state index >= 15 is 0 Å². The highest BCUT2D eigenvalue weighted by atomic mass is 16.3. The van der Waals surface area contributed by atoms with Gasteiger partial charge >= 0.3 is 0 Å². The van der Waals surface area contributed by atoms with Crippen molar-refractivity contribution in [3.63, 3.8) is 0 Å². The summed E-state index contributed by atoms with van der Waals surface area (Å²) in [5, 5.41) is 19.6. The third-order valence-corrected chi connectivity index (χ3v) is 1.72. The molecule has 0 aliphatic carbocycles. The van der Waals surface area contributed by atoms with E-state index < -0.39 is 0 Å². The number of aliphatic hydroxyl groups excluding tert-OH is 1. The minimum absolute atomic E-state index is 0.202.